The van der Waals surface area contributed by atoms with E-state index in [-0.39, 0.29) is 24.2 Å². The van der Waals surface area contributed by atoms with Crippen LogP contribution >= 0.6 is 11.8 Å². The smallest absolute Gasteiger partial charge is 0.276 e. The van der Waals surface area contributed by atoms with Gasteiger partial charge in [-0.05, 0) is 36.9 Å². The lowest BCUT2D eigenvalue weighted by Crippen LogP contribution is -2.28. The van der Waals surface area contributed by atoms with Crippen molar-refractivity contribution in [2.45, 2.75) is 24.2 Å². The fourth-order valence-corrected chi connectivity index (χ4v) is 3.79. The SMILES string of the molecule is CSc1ccc(-c2noc(CCC(=O)NCCCNC3=C4C=CC=CC4C(=O)N=N3)n2)cc1. The standard InChI is InChI=1S/C23H24N6O3S/c1-33-16-9-7-15(8-10-16)21-26-20(32-29-21)12-11-19(30)24-13-4-14-25-22-17-5-2-3-6-18(17)23(31)28-27-22/h2-3,5-10,18,25H,4,11-14H2,1H3,(H,24,30). The summed E-state index contributed by atoms with van der Waals surface area (Å²) in [6.45, 7) is 1.11. The Morgan fingerprint density at radius 1 is 1.15 bits per heavy atom. The number of aryl methyl sites for hydroxylation is 1. The van der Waals surface area contributed by atoms with Crippen LogP contribution in [0, 0.1) is 5.92 Å². The number of nitrogens with zero attached hydrogens (tertiary/aromatic N) is 4. The number of carbonyl (C=O) groups excluding carboxylic acids is 2. The summed E-state index contributed by atoms with van der Waals surface area (Å²) in [6.07, 6.45) is 10.8. The molecule has 0 saturated heterocycles. The van der Waals surface area contributed by atoms with Gasteiger partial charge in [0.25, 0.3) is 5.91 Å². The summed E-state index contributed by atoms with van der Waals surface area (Å²) < 4.78 is 5.27. The van der Waals surface area contributed by atoms with Gasteiger partial charge in [0.05, 0.1) is 5.92 Å². The Labute approximate surface area is 195 Å². The highest BCUT2D eigenvalue weighted by Gasteiger charge is 2.26. The highest BCUT2D eigenvalue weighted by molar-refractivity contribution is 7.98. The minimum Gasteiger partial charge on any atom is -0.368 e. The van der Waals surface area contributed by atoms with Gasteiger partial charge in [-0.3, -0.25) is 9.59 Å². The van der Waals surface area contributed by atoms with Gasteiger partial charge in [0.2, 0.25) is 17.6 Å². The van der Waals surface area contributed by atoms with Crippen molar-refractivity contribution in [3.63, 3.8) is 0 Å². The van der Waals surface area contributed by atoms with Gasteiger partial charge >= 0.3 is 0 Å². The first-order valence-corrected chi connectivity index (χ1v) is 11.9. The molecule has 1 aliphatic carbocycles. The molecule has 1 atom stereocenters. The average molecular weight is 465 g/mol. The van der Waals surface area contributed by atoms with Crippen LogP contribution in [0.5, 0.6) is 0 Å². The number of benzene rings is 1. The molecule has 2 amide bonds. The Morgan fingerprint density at radius 2 is 2.00 bits per heavy atom. The summed E-state index contributed by atoms with van der Waals surface area (Å²) in [7, 11) is 0. The molecule has 1 aromatic carbocycles. The molecule has 0 bridgehead atoms. The molecule has 9 nitrogen and oxygen atoms in total. The third-order valence-corrected chi connectivity index (χ3v) is 5.91. The number of hydrogen-bond acceptors (Lipinski definition) is 8. The third-order valence-electron chi connectivity index (χ3n) is 5.16. The maximum Gasteiger partial charge on any atom is 0.276 e. The quantitative estimate of drug-likeness (QED) is 0.408. The van der Waals surface area contributed by atoms with Gasteiger partial charge in [0.15, 0.2) is 5.82 Å². The zero-order chi connectivity index (χ0) is 23.0. The Hall–Kier alpha value is -3.53. The highest BCUT2D eigenvalue weighted by atomic mass is 32.2. The molecule has 4 rings (SSSR count). The van der Waals surface area contributed by atoms with E-state index in [1.807, 2.05) is 54.8 Å². The molecular weight excluding hydrogens is 440 g/mol. The lowest BCUT2D eigenvalue weighted by atomic mass is 9.93. The Morgan fingerprint density at radius 3 is 2.82 bits per heavy atom. The summed E-state index contributed by atoms with van der Waals surface area (Å²) in [5.74, 6) is 0.850. The van der Waals surface area contributed by atoms with E-state index in [9.17, 15) is 9.59 Å². The van der Waals surface area contributed by atoms with Gasteiger partial charge in [-0.15, -0.1) is 22.0 Å². The largest absolute Gasteiger partial charge is 0.368 e. The van der Waals surface area contributed by atoms with Crippen molar-refractivity contribution in [2.75, 3.05) is 19.3 Å². The van der Waals surface area contributed by atoms with Crippen molar-refractivity contribution >= 4 is 23.6 Å². The van der Waals surface area contributed by atoms with Crippen molar-refractivity contribution in [3.8, 4) is 11.4 Å². The highest BCUT2D eigenvalue weighted by Crippen LogP contribution is 2.27. The number of hydrogen-bond donors (Lipinski definition) is 2. The van der Waals surface area contributed by atoms with Crippen LogP contribution in [0.3, 0.4) is 0 Å². The van der Waals surface area contributed by atoms with Crippen molar-refractivity contribution in [3.05, 3.63) is 65.9 Å². The van der Waals surface area contributed by atoms with Gasteiger partial charge in [0, 0.05) is 42.0 Å². The first-order valence-electron chi connectivity index (χ1n) is 10.7. The predicted octanol–water partition coefficient (Wildman–Crippen LogP) is 3.43. The average Bonchev–Trinajstić information content (AvgIpc) is 3.33. The Balaban J connectivity index is 1.16. The van der Waals surface area contributed by atoms with Crippen LogP contribution in [0.1, 0.15) is 18.7 Å². The number of aromatic nitrogens is 2. The number of fused-ring (bicyclic) bond motifs is 1. The first kappa shape index (κ1) is 22.7. The number of amides is 2. The molecule has 2 aliphatic rings. The molecule has 33 heavy (non-hydrogen) atoms. The summed E-state index contributed by atoms with van der Waals surface area (Å²) in [4.78, 5) is 29.5. The van der Waals surface area contributed by atoms with Crippen LogP contribution in [-0.4, -0.2) is 41.3 Å². The van der Waals surface area contributed by atoms with Crippen LogP contribution in [-0.2, 0) is 16.0 Å². The van der Waals surface area contributed by atoms with E-state index >= 15 is 0 Å². The van der Waals surface area contributed by atoms with E-state index < -0.39 is 0 Å². The zero-order valence-corrected chi connectivity index (χ0v) is 19.0. The van der Waals surface area contributed by atoms with Crippen LogP contribution in [0.2, 0.25) is 0 Å². The molecule has 170 valence electrons. The van der Waals surface area contributed by atoms with Gasteiger partial charge in [0.1, 0.15) is 0 Å². The molecule has 0 spiro atoms. The molecule has 0 fully saturated rings. The number of rotatable bonds is 10. The predicted molar refractivity (Wildman–Crippen MR) is 124 cm³/mol. The van der Waals surface area contributed by atoms with E-state index in [2.05, 4.69) is 31.0 Å². The molecule has 10 heteroatoms. The number of azo groups is 1. The van der Waals surface area contributed by atoms with Crippen LogP contribution in [0.15, 0.2) is 79.6 Å². The topological polar surface area (TPSA) is 122 Å². The summed E-state index contributed by atoms with van der Waals surface area (Å²) in [5.41, 5.74) is 1.70. The number of thioether (sulfide) groups is 1. The van der Waals surface area contributed by atoms with E-state index in [4.69, 9.17) is 4.52 Å². The number of carbonyl (C=O) groups is 2. The monoisotopic (exact) mass is 464 g/mol. The van der Waals surface area contributed by atoms with Crippen molar-refractivity contribution in [2.24, 2.45) is 16.1 Å². The lowest BCUT2D eigenvalue weighted by molar-refractivity contribution is -0.121. The second kappa shape index (κ2) is 10.9. The maximum absolute atomic E-state index is 12.1. The van der Waals surface area contributed by atoms with Crippen LogP contribution in [0.4, 0.5) is 0 Å². The van der Waals surface area contributed by atoms with Crippen LogP contribution in [0.25, 0.3) is 11.4 Å². The van der Waals surface area contributed by atoms with E-state index in [0.29, 0.717) is 43.5 Å². The van der Waals surface area contributed by atoms with Crippen molar-refractivity contribution < 1.29 is 14.1 Å². The molecule has 0 radical (unpaired) electrons. The lowest BCUT2D eigenvalue weighted by Gasteiger charge is -2.20. The minimum atomic E-state index is -0.366. The van der Waals surface area contributed by atoms with Gasteiger partial charge < -0.3 is 15.2 Å². The van der Waals surface area contributed by atoms with Crippen LogP contribution < -0.4 is 10.6 Å². The number of allylic oxidation sites excluding steroid dienone is 3. The van der Waals surface area contributed by atoms with Crippen molar-refractivity contribution in [1.82, 2.24) is 20.8 Å². The molecule has 1 aliphatic heterocycles. The maximum atomic E-state index is 12.1. The zero-order valence-electron chi connectivity index (χ0n) is 18.2. The summed E-state index contributed by atoms with van der Waals surface area (Å²) in [6, 6.07) is 7.92. The second-order valence-electron chi connectivity index (χ2n) is 7.43. The van der Waals surface area contributed by atoms with Gasteiger partial charge in [-0.25, -0.2) is 0 Å². The molecule has 0 saturated carbocycles. The Kier molecular flexibility index (Phi) is 7.46. The van der Waals surface area contributed by atoms with Gasteiger partial charge in [-0.1, -0.05) is 29.5 Å². The molecular formula is C23H24N6O3S. The molecule has 2 heterocycles. The summed E-state index contributed by atoms with van der Waals surface area (Å²) >= 11 is 1.67. The number of nitrogens with one attached hydrogen (secondary N) is 2. The van der Waals surface area contributed by atoms with Gasteiger partial charge in [-0.2, -0.15) is 4.98 Å². The molecule has 2 aromatic rings. The fraction of sp³-hybridized carbons (Fsp3) is 0.304. The van der Waals surface area contributed by atoms with E-state index in [1.165, 1.54) is 0 Å². The normalized spacial score (nSPS) is 16.8. The minimum absolute atomic E-state index is 0.0792. The molecule has 1 unspecified atom stereocenters. The van der Waals surface area contributed by atoms with E-state index in [0.717, 1.165) is 16.0 Å². The molecule has 2 N–H and O–H groups in total. The molecule has 1 aromatic heterocycles. The van der Waals surface area contributed by atoms with Crippen molar-refractivity contribution in [1.29, 1.82) is 0 Å². The second-order valence-corrected chi connectivity index (χ2v) is 8.31. The fourth-order valence-electron chi connectivity index (χ4n) is 3.39. The summed E-state index contributed by atoms with van der Waals surface area (Å²) in [5, 5.41) is 17.7. The Bertz CT molecular complexity index is 1130. The first-order chi connectivity index (χ1) is 16.1. The third kappa shape index (κ3) is 5.83. The van der Waals surface area contributed by atoms with E-state index in [1.54, 1.807) is 11.8 Å².